The number of H-pyrrole nitrogens is 1. The average molecular weight is 375 g/mol. The highest BCUT2D eigenvalue weighted by atomic mass is 32.2. The van der Waals surface area contributed by atoms with Gasteiger partial charge in [-0.05, 0) is 38.1 Å². The Hall–Kier alpha value is -2.39. The molecule has 7 nitrogen and oxygen atoms in total. The number of anilines is 1. The van der Waals surface area contributed by atoms with Crippen molar-refractivity contribution in [3.05, 3.63) is 35.3 Å². The van der Waals surface area contributed by atoms with Gasteiger partial charge >= 0.3 is 0 Å². The van der Waals surface area contributed by atoms with Crippen LogP contribution in [-0.2, 0) is 4.79 Å². The molecule has 0 saturated heterocycles. The lowest BCUT2D eigenvalue weighted by Gasteiger charge is -2.02. The van der Waals surface area contributed by atoms with Gasteiger partial charge in [-0.25, -0.2) is 4.98 Å². The summed E-state index contributed by atoms with van der Waals surface area (Å²) in [4.78, 5) is 20.2. The first-order valence-corrected chi connectivity index (χ1v) is 9.45. The van der Waals surface area contributed by atoms with Crippen molar-refractivity contribution in [3.8, 4) is 17.1 Å². The number of hydrogen-bond donors (Lipinski definition) is 2. The summed E-state index contributed by atoms with van der Waals surface area (Å²) < 4.78 is 5.42. The molecule has 130 valence electrons. The minimum absolute atomic E-state index is 0.127. The van der Waals surface area contributed by atoms with Crippen LogP contribution in [-0.4, -0.2) is 38.4 Å². The number of rotatable bonds is 7. The molecule has 2 N–H and O–H groups in total. The van der Waals surface area contributed by atoms with Crippen molar-refractivity contribution in [1.82, 2.24) is 20.2 Å². The molecule has 9 heteroatoms. The van der Waals surface area contributed by atoms with Crippen molar-refractivity contribution < 1.29 is 9.53 Å². The van der Waals surface area contributed by atoms with Crippen LogP contribution in [0.2, 0.25) is 0 Å². The van der Waals surface area contributed by atoms with E-state index in [9.17, 15) is 4.79 Å². The molecule has 0 bridgehead atoms. The summed E-state index contributed by atoms with van der Waals surface area (Å²) >= 11 is 2.74. The molecule has 25 heavy (non-hydrogen) atoms. The predicted octanol–water partition coefficient (Wildman–Crippen LogP) is 3.37. The zero-order chi connectivity index (χ0) is 17.6. The molecule has 2 aromatic heterocycles. The summed E-state index contributed by atoms with van der Waals surface area (Å²) in [6, 6.07) is 7.60. The number of aromatic amines is 1. The third-order valence-electron chi connectivity index (χ3n) is 3.11. The SMILES string of the molecule is CCOc1ccc(-c2nnc(SCC(=O)Nc3ncc(C)s3)[nH]2)cc1. The summed E-state index contributed by atoms with van der Waals surface area (Å²) in [7, 11) is 0. The zero-order valence-electron chi connectivity index (χ0n) is 13.8. The quantitative estimate of drug-likeness (QED) is 0.615. The third-order valence-corrected chi connectivity index (χ3v) is 4.80. The molecule has 1 aromatic carbocycles. The molecule has 0 atom stereocenters. The normalized spacial score (nSPS) is 10.6. The average Bonchev–Trinajstić information content (AvgIpc) is 3.23. The summed E-state index contributed by atoms with van der Waals surface area (Å²) in [6.07, 6.45) is 1.73. The first-order chi connectivity index (χ1) is 12.1. The van der Waals surface area contributed by atoms with Gasteiger partial charge in [0, 0.05) is 16.6 Å². The first kappa shape index (κ1) is 17.4. The van der Waals surface area contributed by atoms with Crippen LogP contribution >= 0.6 is 23.1 Å². The highest BCUT2D eigenvalue weighted by molar-refractivity contribution is 7.99. The number of amides is 1. The van der Waals surface area contributed by atoms with Gasteiger partial charge < -0.3 is 15.0 Å². The lowest BCUT2D eigenvalue weighted by atomic mass is 10.2. The summed E-state index contributed by atoms with van der Waals surface area (Å²) in [5.74, 6) is 1.57. The molecule has 0 fully saturated rings. The van der Waals surface area contributed by atoms with Crippen LogP contribution in [0.4, 0.5) is 5.13 Å². The van der Waals surface area contributed by atoms with Crippen LogP contribution in [0.25, 0.3) is 11.4 Å². The van der Waals surface area contributed by atoms with E-state index in [0.717, 1.165) is 16.2 Å². The third kappa shape index (κ3) is 4.80. The van der Waals surface area contributed by atoms with Crippen molar-refractivity contribution in [1.29, 1.82) is 0 Å². The van der Waals surface area contributed by atoms with E-state index in [1.165, 1.54) is 23.1 Å². The molecule has 3 rings (SSSR count). The smallest absolute Gasteiger partial charge is 0.236 e. The van der Waals surface area contributed by atoms with Crippen molar-refractivity contribution in [2.24, 2.45) is 0 Å². The summed E-state index contributed by atoms with van der Waals surface area (Å²) in [5.41, 5.74) is 0.908. The summed E-state index contributed by atoms with van der Waals surface area (Å²) in [5, 5.41) is 12.1. The van der Waals surface area contributed by atoms with E-state index in [1.807, 2.05) is 38.1 Å². The minimum atomic E-state index is -0.127. The Bertz CT molecular complexity index is 844. The first-order valence-electron chi connectivity index (χ1n) is 7.65. The van der Waals surface area contributed by atoms with Gasteiger partial charge in [0.1, 0.15) is 5.75 Å². The highest BCUT2D eigenvalue weighted by Gasteiger charge is 2.10. The van der Waals surface area contributed by atoms with Gasteiger partial charge in [0.25, 0.3) is 0 Å². The van der Waals surface area contributed by atoms with E-state index < -0.39 is 0 Å². The second-order valence-corrected chi connectivity index (χ2v) is 7.25. The van der Waals surface area contributed by atoms with Crippen molar-refractivity contribution in [3.63, 3.8) is 0 Å². The molecule has 0 unspecified atom stereocenters. The molecule has 0 aliphatic rings. The van der Waals surface area contributed by atoms with Crippen LogP contribution in [0.1, 0.15) is 11.8 Å². The molecule has 0 radical (unpaired) electrons. The van der Waals surface area contributed by atoms with E-state index in [1.54, 1.807) is 6.20 Å². The van der Waals surface area contributed by atoms with Crippen LogP contribution in [0.3, 0.4) is 0 Å². The van der Waals surface area contributed by atoms with Crippen LogP contribution in [0.15, 0.2) is 35.6 Å². The predicted molar refractivity (Wildman–Crippen MR) is 99.2 cm³/mol. The Kier molecular flexibility index (Phi) is 5.67. The van der Waals surface area contributed by atoms with Gasteiger partial charge in [-0.1, -0.05) is 11.8 Å². The molecule has 2 heterocycles. The number of benzene rings is 1. The molecule has 0 spiro atoms. The Morgan fingerprint density at radius 3 is 2.80 bits per heavy atom. The van der Waals surface area contributed by atoms with Crippen LogP contribution in [0, 0.1) is 6.92 Å². The van der Waals surface area contributed by atoms with E-state index in [4.69, 9.17) is 4.74 Å². The Labute approximate surface area is 153 Å². The number of thioether (sulfide) groups is 1. The Morgan fingerprint density at radius 1 is 1.32 bits per heavy atom. The second-order valence-electron chi connectivity index (χ2n) is 5.05. The van der Waals surface area contributed by atoms with Crippen LogP contribution in [0.5, 0.6) is 5.75 Å². The lowest BCUT2D eigenvalue weighted by Crippen LogP contribution is -2.13. The van der Waals surface area contributed by atoms with E-state index in [2.05, 4.69) is 25.5 Å². The van der Waals surface area contributed by atoms with E-state index in [0.29, 0.717) is 22.7 Å². The fourth-order valence-electron chi connectivity index (χ4n) is 2.02. The lowest BCUT2D eigenvalue weighted by molar-refractivity contribution is -0.113. The molecule has 0 aliphatic carbocycles. The number of aryl methyl sites for hydroxylation is 1. The molecule has 3 aromatic rings. The van der Waals surface area contributed by atoms with Gasteiger partial charge in [-0.2, -0.15) is 0 Å². The minimum Gasteiger partial charge on any atom is -0.494 e. The van der Waals surface area contributed by atoms with Crippen molar-refractivity contribution >= 4 is 34.1 Å². The number of ether oxygens (including phenoxy) is 1. The van der Waals surface area contributed by atoms with E-state index in [-0.39, 0.29) is 11.7 Å². The number of nitrogens with one attached hydrogen (secondary N) is 2. The monoisotopic (exact) mass is 375 g/mol. The van der Waals surface area contributed by atoms with Gasteiger partial charge in [-0.15, -0.1) is 21.5 Å². The van der Waals surface area contributed by atoms with Gasteiger partial charge in [0.15, 0.2) is 16.1 Å². The molecule has 0 aliphatic heterocycles. The van der Waals surface area contributed by atoms with Crippen molar-refractivity contribution in [2.75, 3.05) is 17.7 Å². The number of carbonyl (C=O) groups is 1. The largest absolute Gasteiger partial charge is 0.494 e. The number of carbonyl (C=O) groups excluding carboxylic acids is 1. The molecular weight excluding hydrogens is 358 g/mol. The fourth-order valence-corrected chi connectivity index (χ4v) is 3.31. The fraction of sp³-hybridized carbons (Fsp3) is 0.250. The maximum absolute atomic E-state index is 11.9. The number of nitrogens with zero attached hydrogens (tertiary/aromatic N) is 3. The second kappa shape index (κ2) is 8.13. The molecular formula is C16H17N5O2S2. The topological polar surface area (TPSA) is 92.8 Å². The number of hydrogen-bond acceptors (Lipinski definition) is 7. The molecule has 1 amide bonds. The Balaban J connectivity index is 1.55. The van der Waals surface area contributed by atoms with Gasteiger partial charge in [0.05, 0.1) is 12.4 Å². The zero-order valence-corrected chi connectivity index (χ0v) is 15.4. The maximum atomic E-state index is 11.9. The van der Waals surface area contributed by atoms with Gasteiger partial charge in [0.2, 0.25) is 5.91 Å². The number of thiazole rings is 1. The molecule has 0 saturated carbocycles. The number of aromatic nitrogens is 4. The standard InChI is InChI=1S/C16H17N5O2S2/c1-3-23-12-6-4-11(5-7-12)14-19-16(21-20-14)24-9-13(22)18-15-17-8-10(2)25-15/h4-8H,3,9H2,1-2H3,(H,17,18,22)(H,19,20,21). The van der Waals surface area contributed by atoms with Gasteiger partial charge in [-0.3, -0.25) is 4.79 Å². The highest BCUT2D eigenvalue weighted by Crippen LogP contribution is 2.22. The summed E-state index contributed by atoms with van der Waals surface area (Å²) in [6.45, 7) is 4.52. The van der Waals surface area contributed by atoms with Crippen molar-refractivity contribution in [2.45, 2.75) is 19.0 Å². The maximum Gasteiger partial charge on any atom is 0.236 e. The van der Waals surface area contributed by atoms with E-state index >= 15 is 0 Å². The van der Waals surface area contributed by atoms with Crippen LogP contribution < -0.4 is 10.1 Å². The Morgan fingerprint density at radius 2 is 2.12 bits per heavy atom.